The van der Waals surface area contributed by atoms with Gasteiger partial charge in [0.2, 0.25) is 0 Å². The van der Waals surface area contributed by atoms with Crippen molar-refractivity contribution in [3.05, 3.63) is 29.8 Å². The van der Waals surface area contributed by atoms with E-state index in [0.717, 1.165) is 7.11 Å². The Kier molecular flexibility index (Phi) is 5.50. The van der Waals surface area contributed by atoms with E-state index in [9.17, 15) is 18.0 Å². The zero-order chi connectivity index (χ0) is 16.0. The lowest BCUT2D eigenvalue weighted by molar-refractivity contribution is -0.138. The number of hydrogen-bond acceptors (Lipinski definition) is 6. The molecule has 0 aliphatic rings. The third-order valence-corrected chi connectivity index (χ3v) is 3.40. The summed E-state index contributed by atoms with van der Waals surface area (Å²) < 4.78 is 30.5. The standard InChI is InChI=1S/C11H14N2O7S/c1-20-11(17)13-21(18,19)12-9(10(15)16)6-7-2-4-8(14)5-3-7/h2-5,9,12,14H,6H2,1H3,(H,13,17)(H,15,16)/t9-/m0/s1. The predicted molar refractivity (Wildman–Crippen MR) is 70.8 cm³/mol. The van der Waals surface area contributed by atoms with Gasteiger partial charge in [0.25, 0.3) is 0 Å². The van der Waals surface area contributed by atoms with Gasteiger partial charge in [0.05, 0.1) is 7.11 Å². The highest BCUT2D eigenvalue weighted by atomic mass is 32.2. The molecule has 1 aromatic rings. The number of aliphatic carboxylic acids is 1. The first-order valence-corrected chi connectivity index (χ1v) is 7.10. The van der Waals surface area contributed by atoms with E-state index in [0.29, 0.717) is 5.56 Å². The molecule has 116 valence electrons. The van der Waals surface area contributed by atoms with E-state index in [4.69, 9.17) is 10.2 Å². The third kappa shape index (κ3) is 5.67. The van der Waals surface area contributed by atoms with Crippen molar-refractivity contribution in [1.29, 1.82) is 0 Å². The molecule has 0 fully saturated rings. The normalized spacial score (nSPS) is 12.4. The summed E-state index contributed by atoms with van der Waals surface area (Å²) in [5.74, 6) is -1.42. The molecule has 9 nitrogen and oxygen atoms in total. The number of phenolic OH excluding ortho intramolecular Hbond substituents is 1. The Morgan fingerprint density at radius 1 is 1.29 bits per heavy atom. The number of carboxylic acids is 1. The Balaban J connectivity index is 2.81. The van der Waals surface area contributed by atoms with Crippen LogP contribution in [0, 0.1) is 0 Å². The summed E-state index contributed by atoms with van der Waals surface area (Å²) in [6.45, 7) is 0. The molecular weight excluding hydrogens is 304 g/mol. The SMILES string of the molecule is COC(=O)NS(=O)(=O)N[C@@H](Cc1ccc(O)cc1)C(=O)O. The van der Waals surface area contributed by atoms with Crippen LogP contribution >= 0.6 is 0 Å². The van der Waals surface area contributed by atoms with Crippen LogP contribution in [0.5, 0.6) is 5.75 Å². The Morgan fingerprint density at radius 2 is 1.86 bits per heavy atom. The monoisotopic (exact) mass is 318 g/mol. The summed E-state index contributed by atoms with van der Waals surface area (Å²) in [6.07, 6.45) is -1.41. The molecule has 0 radical (unpaired) electrons. The molecule has 0 aliphatic heterocycles. The van der Waals surface area contributed by atoms with Gasteiger partial charge in [-0.2, -0.15) is 13.1 Å². The van der Waals surface area contributed by atoms with Crippen LogP contribution in [0.3, 0.4) is 0 Å². The van der Waals surface area contributed by atoms with Gasteiger partial charge < -0.3 is 14.9 Å². The molecule has 0 saturated heterocycles. The molecular formula is C11H14N2O7S. The highest BCUT2D eigenvalue weighted by Crippen LogP contribution is 2.11. The number of aromatic hydroxyl groups is 1. The van der Waals surface area contributed by atoms with E-state index >= 15 is 0 Å². The maximum Gasteiger partial charge on any atom is 0.421 e. The second-order valence-corrected chi connectivity index (χ2v) is 5.42. The second-order valence-electron chi connectivity index (χ2n) is 3.98. The van der Waals surface area contributed by atoms with Crippen molar-refractivity contribution in [1.82, 2.24) is 9.44 Å². The first kappa shape index (κ1) is 16.7. The zero-order valence-corrected chi connectivity index (χ0v) is 11.8. The van der Waals surface area contributed by atoms with Crippen molar-refractivity contribution in [2.24, 2.45) is 0 Å². The lowest BCUT2D eigenvalue weighted by Gasteiger charge is -2.15. The van der Waals surface area contributed by atoms with Crippen LogP contribution in [-0.2, 0) is 26.2 Å². The van der Waals surface area contributed by atoms with Gasteiger partial charge in [-0.15, -0.1) is 0 Å². The molecule has 1 rings (SSSR count). The predicted octanol–water partition coefficient (Wildman–Crippen LogP) is -0.422. The summed E-state index contributed by atoms with van der Waals surface area (Å²) in [4.78, 5) is 21.9. The van der Waals surface area contributed by atoms with Crippen molar-refractivity contribution < 1.29 is 33.0 Å². The molecule has 0 spiro atoms. The van der Waals surface area contributed by atoms with Gasteiger partial charge in [0.1, 0.15) is 11.8 Å². The Hall–Kier alpha value is -2.33. The van der Waals surface area contributed by atoms with Gasteiger partial charge in [-0.25, -0.2) is 9.52 Å². The Morgan fingerprint density at radius 3 is 2.33 bits per heavy atom. The molecule has 10 heteroatoms. The molecule has 0 unspecified atom stereocenters. The molecule has 0 bridgehead atoms. The van der Waals surface area contributed by atoms with Gasteiger partial charge in [-0.1, -0.05) is 12.1 Å². The molecule has 0 saturated carbocycles. The van der Waals surface area contributed by atoms with Gasteiger partial charge in [0, 0.05) is 0 Å². The van der Waals surface area contributed by atoms with Crippen LogP contribution in [0.1, 0.15) is 5.56 Å². The van der Waals surface area contributed by atoms with Crippen LogP contribution in [0.2, 0.25) is 0 Å². The van der Waals surface area contributed by atoms with Crippen molar-refractivity contribution in [3.63, 3.8) is 0 Å². The number of carbonyl (C=O) groups excluding carboxylic acids is 1. The average molecular weight is 318 g/mol. The first-order chi connectivity index (χ1) is 9.73. The fraction of sp³-hybridized carbons (Fsp3) is 0.273. The number of nitrogens with one attached hydrogen (secondary N) is 2. The molecule has 4 N–H and O–H groups in total. The number of benzene rings is 1. The fourth-order valence-electron chi connectivity index (χ4n) is 1.42. The van der Waals surface area contributed by atoms with Crippen LogP contribution in [0.4, 0.5) is 4.79 Å². The highest BCUT2D eigenvalue weighted by molar-refractivity contribution is 7.88. The molecule has 0 heterocycles. The van der Waals surface area contributed by atoms with E-state index in [1.807, 2.05) is 4.72 Å². The van der Waals surface area contributed by atoms with Crippen molar-refractivity contribution >= 4 is 22.3 Å². The highest BCUT2D eigenvalue weighted by Gasteiger charge is 2.25. The summed E-state index contributed by atoms with van der Waals surface area (Å²) in [5, 5.41) is 18.1. The number of ether oxygens (including phenoxy) is 1. The van der Waals surface area contributed by atoms with Crippen LogP contribution in [0.25, 0.3) is 0 Å². The van der Waals surface area contributed by atoms with E-state index < -0.39 is 28.3 Å². The minimum atomic E-state index is -4.37. The van der Waals surface area contributed by atoms with E-state index in [1.165, 1.54) is 29.0 Å². The summed E-state index contributed by atoms with van der Waals surface area (Å²) in [5.41, 5.74) is 0.487. The second kappa shape index (κ2) is 6.90. The smallest absolute Gasteiger partial charge is 0.421 e. The summed E-state index contributed by atoms with van der Waals surface area (Å²) >= 11 is 0. The summed E-state index contributed by atoms with van der Waals surface area (Å²) in [7, 11) is -3.40. The van der Waals surface area contributed by atoms with E-state index in [2.05, 4.69) is 4.74 Å². The minimum Gasteiger partial charge on any atom is -0.508 e. The Bertz CT molecular complexity index is 612. The van der Waals surface area contributed by atoms with Crippen molar-refractivity contribution in [2.75, 3.05) is 7.11 Å². The topological polar surface area (TPSA) is 142 Å². The van der Waals surface area contributed by atoms with Crippen LogP contribution < -0.4 is 9.44 Å². The molecule has 1 amide bonds. The minimum absolute atomic E-state index is 0.00133. The molecule has 1 aromatic carbocycles. The number of amides is 1. The van der Waals surface area contributed by atoms with Crippen LogP contribution in [0.15, 0.2) is 24.3 Å². The van der Waals surface area contributed by atoms with Crippen molar-refractivity contribution in [3.8, 4) is 5.75 Å². The first-order valence-electron chi connectivity index (χ1n) is 5.62. The van der Waals surface area contributed by atoms with Crippen molar-refractivity contribution in [2.45, 2.75) is 12.5 Å². The summed E-state index contributed by atoms with van der Waals surface area (Å²) in [6, 6.07) is 4.10. The van der Waals surface area contributed by atoms with Gasteiger partial charge in [-0.05, 0) is 24.1 Å². The quantitative estimate of drug-likeness (QED) is 0.558. The number of carbonyl (C=O) groups is 2. The average Bonchev–Trinajstić information content (AvgIpc) is 2.39. The number of carboxylic acid groups (broad SMARTS) is 1. The largest absolute Gasteiger partial charge is 0.508 e. The van der Waals surface area contributed by atoms with E-state index in [1.54, 1.807) is 0 Å². The van der Waals surface area contributed by atoms with Crippen LogP contribution in [-0.4, -0.2) is 43.8 Å². The van der Waals surface area contributed by atoms with E-state index in [-0.39, 0.29) is 12.2 Å². The molecule has 0 aromatic heterocycles. The maximum absolute atomic E-state index is 11.5. The molecule has 0 aliphatic carbocycles. The number of rotatable bonds is 6. The maximum atomic E-state index is 11.5. The van der Waals surface area contributed by atoms with Gasteiger partial charge in [-0.3, -0.25) is 4.79 Å². The third-order valence-electron chi connectivity index (χ3n) is 2.37. The number of phenols is 1. The van der Waals surface area contributed by atoms with Gasteiger partial charge >= 0.3 is 22.3 Å². The van der Waals surface area contributed by atoms with Gasteiger partial charge in [0.15, 0.2) is 0 Å². The lowest BCUT2D eigenvalue weighted by Crippen LogP contribution is -2.49. The zero-order valence-electron chi connectivity index (χ0n) is 10.9. The lowest BCUT2D eigenvalue weighted by atomic mass is 10.1. The molecule has 21 heavy (non-hydrogen) atoms. The molecule has 1 atom stereocenters. The Labute approximate surface area is 120 Å². The number of hydrogen-bond donors (Lipinski definition) is 4. The fourth-order valence-corrected chi connectivity index (χ4v) is 2.34. The number of methoxy groups -OCH3 is 1.